The van der Waals surface area contributed by atoms with Gasteiger partial charge in [-0.2, -0.15) is 0 Å². The average Bonchev–Trinajstić information content (AvgIpc) is 2.36. The summed E-state index contributed by atoms with van der Waals surface area (Å²) in [7, 11) is 0. The van der Waals surface area contributed by atoms with Crippen molar-refractivity contribution in [2.45, 2.75) is 32.9 Å². The molecule has 0 atom stereocenters. The number of ether oxygens (including phenoxy) is 1. The molecular weight excluding hydrogens is 304 g/mol. The van der Waals surface area contributed by atoms with E-state index in [9.17, 15) is 0 Å². The number of anilines is 1. The lowest BCUT2D eigenvalue weighted by Gasteiger charge is -2.40. The van der Waals surface area contributed by atoms with Gasteiger partial charge in [0.15, 0.2) is 0 Å². The molecule has 1 aromatic rings. The number of nitrogens with one attached hydrogen (secondary N) is 1. The topological polar surface area (TPSA) is 24.5 Å². The highest BCUT2D eigenvalue weighted by Crippen LogP contribution is 2.29. The SMILES string of the molecule is CCNCc1ccc(Br)cc1N1CCOC(C)(C)C1. The molecule has 0 aliphatic carbocycles. The van der Waals surface area contributed by atoms with E-state index in [1.54, 1.807) is 0 Å². The van der Waals surface area contributed by atoms with Crippen LogP contribution >= 0.6 is 15.9 Å². The highest BCUT2D eigenvalue weighted by atomic mass is 79.9. The van der Waals surface area contributed by atoms with Gasteiger partial charge in [0.05, 0.1) is 12.2 Å². The Bertz CT molecular complexity index is 434. The lowest BCUT2D eigenvalue weighted by Crippen LogP contribution is -2.48. The van der Waals surface area contributed by atoms with Gasteiger partial charge in [0.1, 0.15) is 0 Å². The van der Waals surface area contributed by atoms with Crippen molar-refractivity contribution in [3.63, 3.8) is 0 Å². The van der Waals surface area contributed by atoms with Crippen LogP contribution in [-0.4, -0.2) is 31.8 Å². The number of halogens is 1. The number of morpholine rings is 1. The Morgan fingerprint density at radius 2 is 2.21 bits per heavy atom. The van der Waals surface area contributed by atoms with E-state index in [0.29, 0.717) is 0 Å². The van der Waals surface area contributed by atoms with Gasteiger partial charge in [-0.3, -0.25) is 0 Å². The molecule has 1 heterocycles. The van der Waals surface area contributed by atoms with Gasteiger partial charge in [0.2, 0.25) is 0 Å². The van der Waals surface area contributed by atoms with Crippen LogP contribution in [0.25, 0.3) is 0 Å². The number of hydrogen-bond acceptors (Lipinski definition) is 3. The van der Waals surface area contributed by atoms with E-state index in [2.05, 4.69) is 65.1 Å². The maximum Gasteiger partial charge on any atom is 0.0801 e. The summed E-state index contributed by atoms with van der Waals surface area (Å²) in [5.74, 6) is 0. The van der Waals surface area contributed by atoms with Crippen molar-refractivity contribution < 1.29 is 4.74 Å². The Labute approximate surface area is 124 Å². The molecule has 0 amide bonds. The molecule has 0 aromatic heterocycles. The van der Waals surface area contributed by atoms with Crippen LogP contribution in [0.5, 0.6) is 0 Å². The Kier molecular flexibility index (Phi) is 4.87. The minimum absolute atomic E-state index is 0.0734. The van der Waals surface area contributed by atoms with Crippen LogP contribution < -0.4 is 10.2 Å². The molecule has 0 unspecified atom stereocenters. The fourth-order valence-electron chi connectivity index (χ4n) is 2.46. The van der Waals surface area contributed by atoms with Crippen molar-refractivity contribution in [3.8, 4) is 0 Å². The second kappa shape index (κ2) is 6.25. The molecule has 1 saturated heterocycles. The van der Waals surface area contributed by atoms with E-state index >= 15 is 0 Å². The molecule has 106 valence electrons. The molecule has 19 heavy (non-hydrogen) atoms. The molecule has 1 N–H and O–H groups in total. The first-order valence-electron chi connectivity index (χ1n) is 6.90. The third-order valence-electron chi connectivity index (χ3n) is 3.38. The van der Waals surface area contributed by atoms with Gasteiger partial charge in [0, 0.05) is 29.8 Å². The standard InChI is InChI=1S/C15H23BrN2O/c1-4-17-10-12-5-6-13(16)9-14(12)18-7-8-19-15(2,3)11-18/h5-6,9,17H,4,7-8,10-11H2,1-3H3. The minimum atomic E-state index is -0.0734. The van der Waals surface area contributed by atoms with Crippen molar-refractivity contribution >= 4 is 21.6 Å². The summed E-state index contributed by atoms with van der Waals surface area (Å²) >= 11 is 3.58. The largest absolute Gasteiger partial charge is 0.372 e. The average molecular weight is 327 g/mol. The summed E-state index contributed by atoms with van der Waals surface area (Å²) in [6.45, 7) is 11.0. The van der Waals surface area contributed by atoms with Crippen molar-refractivity contribution in [1.82, 2.24) is 5.32 Å². The Morgan fingerprint density at radius 3 is 2.89 bits per heavy atom. The van der Waals surface area contributed by atoms with E-state index in [0.717, 1.165) is 37.3 Å². The van der Waals surface area contributed by atoms with Crippen LogP contribution in [0.3, 0.4) is 0 Å². The first-order valence-corrected chi connectivity index (χ1v) is 7.69. The summed E-state index contributed by atoms with van der Waals surface area (Å²) in [6, 6.07) is 6.53. The van der Waals surface area contributed by atoms with E-state index in [1.165, 1.54) is 11.3 Å². The first-order chi connectivity index (χ1) is 9.02. The summed E-state index contributed by atoms with van der Waals surface area (Å²) in [6.07, 6.45) is 0. The predicted molar refractivity (Wildman–Crippen MR) is 83.8 cm³/mol. The zero-order valence-corrected chi connectivity index (χ0v) is 13.6. The van der Waals surface area contributed by atoms with E-state index < -0.39 is 0 Å². The van der Waals surface area contributed by atoms with Crippen LogP contribution in [0.4, 0.5) is 5.69 Å². The molecule has 0 radical (unpaired) electrons. The van der Waals surface area contributed by atoms with E-state index in [1.807, 2.05) is 0 Å². The fraction of sp³-hybridized carbons (Fsp3) is 0.600. The Morgan fingerprint density at radius 1 is 1.42 bits per heavy atom. The maximum absolute atomic E-state index is 5.80. The van der Waals surface area contributed by atoms with Gasteiger partial charge in [-0.1, -0.05) is 28.9 Å². The van der Waals surface area contributed by atoms with Gasteiger partial charge < -0.3 is 15.0 Å². The van der Waals surface area contributed by atoms with Crippen molar-refractivity contribution in [2.75, 3.05) is 31.1 Å². The van der Waals surface area contributed by atoms with Crippen molar-refractivity contribution in [3.05, 3.63) is 28.2 Å². The van der Waals surface area contributed by atoms with Crippen molar-refractivity contribution in [1.29, 1.82) is 0 Å². The summed E-state index contributed by atoms with van der Waals surface area (Å²) in [5.41, 5.74) is 2.59. The highest BCUT2D eigenvalue weighted by molar-refractivity contribution is 9.10. The van der Waals surface area contributed by atoms with Crippen LogP contribution in [0, 0.1) is 0 Å². The molecule has 1 aliphatic rings. The molecule has 2 rings (SSSR count). The van der Waals surface area contributed by atoms with Crippen LogP contribution in [0.1, 0.15) is 26.3 Å². The molecular formula is C15H23BrN2O. The van der Waals surface area contributed by atoms with Gasteiger partial charge in [0.25, 0.3) is 0 Å². The minimum Gasteiger partial charge on any atom is -0.372 e. The van der Waals surface area contributed by atoms with Crippen LogP contribution in [0.2, 0.25) is 0 Å². The Balaban J connectivity index is 2.23. The first kappa shape index (κ1) is 14.8. The lowest BCUT2D eigenvalue weighted by molar-refractivity contribution is -0.0277. The number of rotatable bonds is 4. The summed E-state index contributed by atoms with van der Waals surface area (Å²) in [4.78, 5) is 2.43. The molecule has 1 aliphatic heterocycles. The smallest absolute Gasteiger partial charge is 0.0801 e. The molecule has 0 saturated carbocycles. The summed E-state index contributed by atoms with van der Waals surface area (Å²) < 4.78 is 6.93. The molecule has 3 nitrogen and oxygen atoms in total. The predicted octanol–water partition coefficient (Wildman–Crippen LogP) is 3.17. The quantitative estimate of drug-likeness (QED) is 0.919. The number of benzene rings is 1. The number of nitrogens with zero attached hydrogens (tertiary/aromatic N) is 1. The normalized spacial score (nSPS) is 18.6. The monoisotopic (exact) mass is 326 g/mol. The van der Waals surface area contributed by atoms with Crippen LogP contribution in [0.15, 0.2) is 22.7 Å². The molecule has 0 bridgehead atoms. The third kappa shape index (κ3) is 3.94. The van der Waals surface area contributed by atoms with Gasteiger partial charge in [-0.15, -0.1) is 0 Å². The molecule has 0 spiro atoms. The second-order valence-electron chi connectivity index (χ2n) is 5.58. The highest BCUT2D eigenvalue weighted by Gasteiger charge is 2.28. The Hall–Kier alpha value is -0.580. The van der Waals surface area contributed by atoms with Gasteiger partial charge in [-0.05, 0) is 38.1 Å². The molecule has 1 aromatic carbocycles. The van der Waals surface area contributed by atoms with Gasteiger partial charge >= 0.3 is 0 Å². The number of hydrogen-bond donors (Lipinski definition) is 1. The second-order valence-corrected chi connectivity index (χ2v) is 6.50. The van der Waals surface area contributed by atoms with Crippen molar-refractivity contribution in [2.24, 2.45) is 0 Å². The van der Waals surface area contributed by atoms with Crippen LogP contribution in [-0.2, 0) is 11.3 Å². The third-order valence-corrected chi connectivity index (χ3v) is 3.87. The maximum atomic E-state index is 5.80. The molecule has 4 heteroatoms. The zero-order valence-electron chi connectivity index (χ0n) is 12.0. The zero-order chi connectivity index (χ0) is 13.9. The lowest BCUT2D eigenvalue weighted by atomic mass is 10.0. The van der Waals surface area contributed by atoms with E-state index in [4.69, 9.17) is 4.74 Å². The molecule has 1 fully saturated rings. The van der Waals surface area contributed by atoms with E-state index in [-0.39, 0.29) is 5.60 Å². The summed E-state index contributed by atoms with van der Waals surface area (Å²) in [5, 5.41) is 3.41. The fourth-order valence-corrected chi connectivity index (χ4v) is 2.81. The van der Waals surface area contributed by atoms with Gasteiger partial charge in [-0.25, -0.2) is 0 Å².